The van der Waals surface area contributed by atoms with Gasteiger partial charge >= 0.3 is 0 Å². The van der Waals surface area contributed by atoms with Crippen molar-refractivity contribution in [1.29, 1.82) is 0 Å². The van der Waals surface area contributed by atoms with Crippen molar-refractivity contribution in [3.8, 4) is 11.4 Å². The van der Waals surface area contributed by atoms with Gasteiger partial charge < -0.3 is 4.52 Å². The third-order valence-corrected chi connectivity index (χ3v) is 7.42. The fraction of sp³-hybridized carbons (Fsp3) is 0.429. The number of benzene rings is 1. The monoisotopic (exact) mass is 427 g/mol. The first-order chi connectivity index (χ1) is 14.4. The third kappa shape index (κ3) is 4.13. The summed E-state index contributed by atoms with van der Waals surface area (Å²) in [4.78, 5) is 12.9. The van der Waals surface area contributed by atoms with Crippen LogP contribution in [-0.2, 0) is 22.2 Å². The Labute approximate surface area is 176 Å². The minimum absolute atomic E-state index is 0.00216. The van der Waals surface area contributed by atoms with Crippen LogP contribution in [0.25, 0.3) is 11.4 Å². The van der Waals surface area contributed by atoms with E-state index in [0.29, 0.717) is 43.2 Å². The fourth-order valence-electron chi connectivity index (χ4n) is 3.74. The Morgan fingerprint density at radius 2 is 2.07 bits per heavy atom. The van der Waals surface area contributed by atoms with E-state index in [2.05, 4.69) is 20.1 Å². The molecule has 1 aromatic carbocycles. The summed E-state index contributed by atoms with van der Waals surface area (Å²) in [6.07, 6.45) is 4.48. The normalized spacial score (nSPS) is 17.5. The minimum atomic E-state index is -3.42. The lowest BCUT2D eigenvalue weighted by atomic mass is 10.00. The lowest BCUT2D eigenvalue weighted by Gasteiger charge is -2.17. The van der Waals surface area contributed by atoms with E-state index in [4.69, 9.17) is 4.52 Å². The van der Waals surface area contributed by atoms with Gasteiger partial charge in [-0.25, -0.2) is 22.7 Å². The molecule has 3 aromatic rings. The van der Waals surface area contributed by atoms with Gasteiger partial charge in [-0.3, -0.25) is 0 Å². The molecule has 0 radical (unpaired) electrons. The molecule has 2 aromatic heterocycles. The molecule has 1 atom stereocenters. The molecule has 8 nitrogen and oxygen atoms in total. The van der Waals surface area contributed by atoms with E-state index >= 15 is 0 Å². The van der Waals surface area contributed by atoms with Crippen LogP contribution >= 0.6 is 0 Å². The van der Waals surface area contributed by atoms with Gasteiger partial charge in [-0.2, -0.15) is 4.98 Å². The second kappa shape index (κ2) is 8.23. The third-order valence-electron chi connectivity index (χ3n) is 5.61. The molecule has 1 aliphatic heterocycles. The fourth-order valence-corrected chi connectivity index (χ4v) is 5.32. The predicted octanol–water partition coefficient (Wildman–Crippen LogP) is 3.03. The van der Waals surface area contributed by atoms with Crippen LogP contribution in [0, 0.1) is 13.8 Å². The van der Waals surface area contributed by atoms with Gasteiger partial charge in [0.25, 0.3) is 0 Å². The molecule has 0 bridgehead atoms. The van der Waals surface area contributed by atoms with Gasteiger partial charge in [0, 0.05) is 31.6 Å². The lowest BCUT2D eigenvalue weighted by molar-refractivity contribution is 0.382. The number of hydrogen-bond donors (Lipinski definition) is 0. The number of hydrogen-bond acceptors (Lipinski definition) is 7. The van der Waals surface area contributed by atoms with Crippen LogP contribution in [0.2, 0.25) is 0 Å². The Hall–Kier alpha value is -2.65. The quantitative estimate of drug-likeness (QED) is 0.596. The minimum Gasteiger partial charge on any atom is -0.339 e. The molecule has 1 aliphatic rings. The Kier molecular flexibility index (Phi) is 5.66. The highest BCUT2D eigenvalue weighted by molar-refractivity contribution is 7.88. The van der Waals surface area contributed by atoms with Crippen molar-refractivity contribution in [2.75, 3.05) is 13.1 Å². The smallest absolute Gasteiger partial charge is 0.226 e. The molecule has 0 unspecified atom stereocenters. The molecule has 1 fully saturated rings. The van der Waals surface area contributed by atoms with Crippen molar-refractivity contribution >= 4 is 10.0 Å². The van der Waals surface area contributed by atoms with Crippen LogP contribution in [0.15, 0.2) is 35.2 Å². The van der Waals surface area contributed by atoms with E-state index in [1.165, 1.54) is 6.33 Å². The van der Waals surface area contributed by atoms with Crippen LogP contribution in [-0.4, -0.2) is 45.9 Å². The van der Waals surface area contributed by atoms with Crippen LogP contribution in [0.4, 0.5) is 0 Å². The maximum atomic E-state index is 13.0. The van der Waals surface area contributed by atoms with Gasteiger partial charge in [-0.05, 0) is 37.0 Å². The molecule has 0 amide bonds. The van der Waals surface area contributed by atoms with Crippen molar-refractivity contribution in [3.63, 3.8) is 0 Å². The van der Waals surface area contributed by atoms with Gasteiger partial charge in [0.05, 0.1) is 17.0 Å². The molecule has 158 valence electrons. The summed E-state index contributed by atoms with van der Waals surface area (Å²) in [7, 11) is -3.42. The maximum Gasteiger partial charge on any atom is 0.226 e. The summed E-state index contributed by atoms with van der Waals surface area (Å²) in [5.41, 5.74) is 4.51. The summed E-state index contributed by atoms with van der Waals surface area (Å²) in [5, 5.41) is 4.03. The zero-order valence-electron chi connectivity index (χ0n) is 17.4. The topological polar surface area (TPSA) is 102 Å². The Morgan fingerprint density at radius 1 is 1.23 bits per heavy atom. The second-order valence-electron chi connectivity index (χ2n) is 7.71. The molecule has 0 N–H and O–H groups in total. The first-order valence-corrected chi connectivity index (χ1v) is 11.6. The van der Waals surface area contributed by atoms with Crippen LogP contribution in [0.3, 0.4) is 0 Å². The van der Waals surface area contributed by atoms with E-state index in [9.17, 15) is 8.42 Å². The second-order valence-corrected chi connectivity index (χ2v) is 9.67. The van der Waals surface area contributed by atoms with E-state index in [0.717, 1.165) is 22.4 Å². The molecule has 0 saturated carbocycles. The number of rotatable bonds is 6. The Morgan fingerprint density at radius 3 is 2.80 bits per heavy atom. The highest BCUT2D eigenvalue weighted by Gasteiger charge is 2.34. The van der Waals surface area contributed by atoms with Crippen molar-refractivity contribution in [3.05, 3.63) is 59.0 Å². The Balaban J connectivity index is 1.54. The number of sulfonamides is 1. The number of aromatic nitrogens is 4. The summed E-state index contributed by atoms with van der Waals surface area (Å²) in [6.45, 7) is 6.80. The van der Waals surface area contributed by atoms with Crippen LogP contribution < -0.4 is 0 Å². The SMILES string of the molecule is CCc1nc(-c2cncnc2[C@@H]2CCN(S(=O)(=O)Cc3ccc(C)c(C)c3)C2)no1. The Bertz CT molecular complexity index is 1160. The molecule has 0 aliphatic carbocycles. The first-order valence-electron chi connectivity index (χ1n) is 10.0. The largest absolute Gasteiger partial charge is 0.339 e. The van der Waals surface area contributed by atoms with Gasteiger partial charge in [-0.1, -0.05) is 30.3 Å². The zero-order valence-corrected chi connectivity index (χ0v) is 18.2. The standard InChI is InChI=1S/C21H25N5O3S/c1-4-19-24-21(25-29-19)18-10-22-13-23-20(18)17-7-8-26(11-17)30(27,28)12-16-6-5-14(2)15(3)9-16/h5-6,9-10,13,17H,4,7-8,11-12H2,1-3H3/t17-/m1/s1. The first kappa shape index (κ1) is 20.6. The van der Waals surface area contributed by atoms with Crippen molar-refractivity contribution in [2.45, 2.75) is 45.3 Å². The van der Waals surface area contributed by atoms with Gasteiger partial charge in [0.15, 0.2) is 0 Å². The van der Waals surface area contributed by atoms with Gasteiger partial charge in [0.1, 0.15) is 6.33 Å². The molecule has 0 spiro atoms. The summed E-state index contributed by atoms with van der Waals surface area (Å²) < 4.78 is 32.8. The molecular weight excluding hydrogens is 402 g/mol. The van der Waals surface area contributed by atoms with Gasteiger partial charge in [0.2, 0.25) is 21.7 Å². The van der Waals surface area contributed by atoms with E-state index in [-0.39, 0.29) is 11.7 Å². The summed E-state index contributed by atoms with van der Waals surface area (Å²) >= 11 is 0. The highest BCUT2D eigenvalue weighted by atomic mass is 32.2. The van der Waals surface area contributed by atoms with E-state index in [1.54, 1.807) is 10.5 Å². The van der Waals surface area contributed by atoms with E-state index in [1.807, 2.05) is 39.0 Å². The van der Waals surface area contributed by atoms with Crippen molar-refractivity contribution < 1.29 is 12.9 Å². The number of aryl methyl sites for hydroxylation is 3. The van der Waals surface area contributed by atoms with Gasteiger partial charge in [-0.15, -0.1) is 0 Å². The predicted molar refractivity (Wildman–Crippen MR) is 112 cm³/mol. The highest BCUT2D eigenvalue weighted by Crippen LogP contribution is 2.33. The lowest BCUT2D eigenvalue weighted by Crippen LogP contribution is -2.30. The number of nitrogens with zero attached hydrogens (tertiary/aromatic N) is 5. The van der Waals surface area contributed by atoms with Crippen LogP contribution in [0.1, 0.15) is 47.5 Å². The maximum absolute atomic E-state index is 13.0. The average molecular weight is 428 g/mol. The molecule has 4 rings (SSSR count). The van der Waals surface area contributed by atoms with Crippen molar-refractivity contribution in [1.82, 2.24) is 24.4 Å². The van der Waals surface area contributed by atoms with Crippen LogP contribution in [0.5, 0.6) is 0 Å². The molecular formula is C21H25N5O3S. The van der Waals surface area contributed by atoms with Crippen molar-refractivity contribution in [2.24, 2.45) is 0 Å². The summed E-state index contributed by atoms with van der Waals surface area (Å²) in [6, 6.07) is 5.80. The average Bonchev–Trinajstić information content (AvgIpc) is 3.40. The summed E-state index contributed by atoms with van der Waals surface area (Å²) in [5.74, 6) is 0.950. The molecule has 30 heavy (non-hydrogen) atoms. The molecule has 1 saturated heterocycles. The van der Waals surface area contributed by atoms with E-state index < -0.39 is 10.0 Å². The zero-order chi connectivity index (χ0) is 21.3. The molecule has 9 heteroatoms. The molecule has 3 heterocycles.